The first-order valence-corrected chi connectivity index (χ1v) is 9.79. The Hall–Kier alpha value is -1.88. The molecule has 1 heterocycles. The van der Waals surface area contributed by atoms with Gasteiger partial charge < -0.3 is 20.7 Å². The van der Waals surface area contributed by atoms with Crippen LogP contribution in [-0.2, 0) is 6.42 Å². The van der Waals surface area contributed by atoms with Crippen LogP contribution in [0.3, 0.4) is 0 Å². The summed E-state index contributed by atoms with van der Waals surface area (Å²) < 4.78 is 5.14. The van der Waals surface area contributed by atoms with E-state index in [0.717, 1.165) is 23.9 Å². The third kappa shape index (κ3) is 8.42. The first-order chi connectivity index (χ1) is 13.1. The number of carbonyl (C=O) groups is 1. The molecule has 1 amide bonds. The minimum Gasteiger partial charge on any atom is -0.497 e. The number of nitrogens with zero attached hydrogens (tertiary/aromatic N) is 2. The van der Waals surface area contributed by atoms with Gasteiger partial charge in [0.2, 0.25) is 0 Å². The molecular formula is C19H28IN5O2S. The maximum atomic E-state index is 12.2. The number of amides is 1. The zero-order valence-corrected chi connectivity index (χ0v) is 19.6. The Balaban J connectivity index is 0.00000392. The summed E-state index contributed by atoms with van der Waals surface area (Å²) in [4.78, 5) is 22.3. The topological polar surface area (TPSA) is 87.6 Å². The van der Waals surface area contributed by atoms with Crippen molar-refractivity contribution in [2.24, 2.45) is 4.99 Å². The first-order valence-electron chi connectivity index (χ1n) is 8.98. The lowest BCUT2D eigenvalue weighted by Crippen LogP contribution is -2.41. The van der Waals surface area contributed by atoms with Gasteiger partial charge in [0.05, 0.1) is 12.1 Å². The first kappa shape index (κ1) is 24.2. The van der Waals surface area contributed by atoms with Gasteiger partial charge in [-0.05, 0) is 32.0 Å². The number of hydrogen-bond acceptors (Lipinski definition) is 5. The lowest BCUT2D eigenvalue weighted by molar-refractivity contribution is 0.0954. The monoisotopic (exact) mass is 517 g/mol. The summed E-state index contributed by atoms with van der Waals surface area (Å²) in [7, 11) is 1.58. The van der Waals surface area contributed by atoms with Crippen LogP contribution in [0.2, 0.25) is 0 Å². The van der Waals surface area contributed by atoms with Crippen molar-refractivity contribution in [2.45, 2.75) is 20.3 Å². The molecule has 0 aliphatic carbocycles. The van der Waals surface area contributed by atoms with Gasteiger partial charge in [0.15, 0.2) is 5.96 Å². The molecule has 3 N–H and O–H groups in total. The Morgan fingerprint density at radius 2 is 2.04 bits per heavy atom. The molecule has 0 spiro atoms. The van der Waals surface area contributed by atoms with Gasteiger partial charge in [0, 0.05) is 49.2 Å². The highest BCUT2D eigenvalue weighted by Crippen LogP contribution is 2.12. The second-order valence-corrected chi connectivity index (χ2v) is 7.11. The van der Waals surface area contributed by atoms with Crippen LogP contribution in [0.15, 0.2) is 35.5 Å². The van der Waals surface area contributed by atoms with Crippen LogP contribution in [-0.4, -0.2) is 50.1 Å². The van der Waals surface area contributed by atoms with Crippen LogP contribution in [0.1, 0.15) is 27.2 Å². The molecule has 2 rings (SSSR count). The number of guanidine groups is 1. The van der Waals surface area contributed by atoms with Crippen molar-refractivity contribution in [1.29, 1.82) is 0 Å². The zero-order chi connectivity index (χ0) is 19.5. The molecule has 1 aromatic carbocycles. The van der Waals surface area contributed by atoms with E-state index >= 15 is 0 Å². The van der Waals surface area contributed by atoms with Crippen LogP contribution >= 0.6 is 35.3 Å². The van der Waals surface area contributed by atoms with Crippen LogP contribution in [0.4, 0.5) is 0 Å². The van der Waals surface area contributed by atoms with Crippen molar-refractivity contribution >= 4 is 47.2 Å². The fourth-order valence-corrected chi connectivity index (χ4v) is 3.12. The van der Waals surface area contributed by atoms with Gasteiger partial charge in [-0.3, -0.25) is 9.79 Å². The Labute approximate surface area is 187 Å². The van der Waals surface area contributed by atoms with E-state index in [-0.39, 0.29) is 29.9 Å². The molecule has 0 aliphatic heterocycles. The molecule has 0 saturated heterocycles. The summed E-state index contributed by atoms with van der Waals surface area (Å²) in [5.74, 6) is 1.27. The minimum atomic E-state index is -0.128. The number of ether oxygens (including phenoxy) is 1. The van der Waals surface area contributed by atoms with Crippen molar-refractivity contribution in [3.8, 4) is 5.75 Å². The second-order valence-electron chi connectivity index (χ2n) is 5.79. The lowest BCUT2D eigenvalue weighted by atomic mass is 10.2. The lowest BCUT2D eigenvalue weighted by Gasteiger charge is -2.12. The number of benzene rings is 1. The highest BCUT2D eigenvalue weighted by molar-refractivity contribution is 14.0. The maximum absolute atomic E-state index is 12.2. The largest absolute Gasteiger partial charge is 0.497 e. The summed E-state index contributed by atoms with van der Waals surface area (Å²) in [6, 6.07) is 7.09. The number of hydrogen-bond donors (Lipinski definition) is 3. The molecule has 1 aromatic heterocycles. The van der Waals surface area contributed by atoms with E-state index in [2.05, 4.69) is 32.9 Å². The van der Waals surface area contributed by atoms with E-state index in [0.29, 0.717) is 30.9 Å². The number of methoxy groups -OCH3 is 1. The van der Waals surface area contributed by atoms with Gasteiger partial charge >= 0.3 is 0 Å². The van der Waals surface area contributed by atoms with E-state index in [1.807, 2.05) is 19.2 Å². The van der Waals surface area contributed by atoms with Crippen molar-refractivity contribution in [3.05, 3.63) is 45.9 Å². The second kappa shape index (κ2) is 13.3. The van der Waals surface area contributed by atoms with E-state index in [1.165, 1.54) is 4.88 Å². The minimum absolute atomic E-state index is 0. The van der Waals surface area contributed by atoms with E-state index in [4.69, 9.17) is 4.74 Å². The average molecular weight is 517 g/mol. The predicted octanol–water partition coefficient (Wildman–Crippen LogP) is 2.61. The standard InChI is InChI=1S/C19H27N5O2S.HI/c1-4-20-19(22-9-8-17-24-13-14(2)27-17)23-11-10-21-18(25)15-6-5-7-16(12-15)26-3;/h5-7,12-13H,4,8-11H2,1-3H3,(H,21,25)(H2,20,22,23);1H. The van der Waals surface area contributed by atoms with Gasteiger partial charge in [0.1, 0.15) is 5.75 Å². The van der Waals surface area contributed by atoms with Gasteiger partial charge in [0.25, 0.3) is 5.91 Å². The van der Waals surface area contributed by atoms with Crippen molar-refractivity contribution < 1.29 is 9.53 Å². The number of aromatic nitrogens is 1. The van der Waals surface area contributed by atoms with Crippen LogP contribution in [0.5, 0.6) is 5.75 Å². The van der Waals surface area contributed by atoms with Crippen molar-refractivity contribution in [1.82, 2.24) is 20.9 Å². The third-order valence-corrected chi connectivity index (χ3v) is 4.62. The fraction of sp³-hybridized carbons (Fsp3) is 0.421. The van der Waals surface area contributed by atoms with Gasteiger partial charge in [-0.15, -0.1) is 35.3 Å². The fourth-order valence-electron chi connectivity index (χ4n) is 2.35. The summed E-state index contributed by atoms with van der Waals surface area (Å²) in [5, 5.41) is 10.4. The molecule has 0 saturated carbocycles. The number of carbonyl (C=O) groups excluding carboxylic acids is 1. The van der Waals surface area contributed by atoms with Crippen molar-refractivity contribution in [3.63, 3.8) is 0 Å². The molecule has 28 heavy (non-hydrogen) atoms. The highest BCUT2D eigenvalue weighted by atomic mass is 127. The molecule has 7 nitrogen and oxygen atoms in total. The molecule has 2 aromatic rings. The van der Waals surface area contributed by atoms with Crippen molar-refractivity contribution in [2.75, 3.05) is 33.3 Å². The Bertz CT molecular complexity index is 766. The van der Waals surface area contributed by atoms with E-state index in [1.54, 1.807) is 36.6 Å². The quantitative estimate of drug-likeness (QED) is 0.206. The van der Waals surface area contributed by atoms with Crippen LogP contribution in [0, 0.1) is 6.92 Å². The maximum Gasteiger partial charge on any atom is 0.251 e. The molecule has 0 fully saturated rings. The molecule has 0 atom stereocenters. The smallest absolute Gasteiger partial charge is 0.251 e. The molecule has 154 valence electrons. The van der Waals surface area contributed by atoms with E-state index < -0.39 is 0 Å². The zero-order valence-electron chi connectivity index (χ0n) is 16.4. The van der Waals surface area contributed by atoms with Gasteiger partial charge in [-0.2, -0.15) is 0 Å². The van der Waals surface area contributed by atoms with Crippen LogP contribution in [0.25, 0.3) is 0 Å². The Kier molecular flexibility index (Phi) is 11.5. The summed E-state index contributed by atoms with van der Waals surface area (Å²) in [5.41, 5.74) is 0.577. The third-order valence-electron chi connectivity index (χ3n) is 3.64. The number of halogens is 1. The number of thiazole rings is 1. The average Bonchev–Trinajstić information content (AvgIpc) is 3.10. The Morgan fingerprint density at radius 3 is 2.71 bits per heavy atom. The molecule has 0 unspecified atom stereocenters. The van der Waals surface area contributed by atoms with Gasteiger partial charge in [-0.1, -0.05) is 6.07 Å². The number of aryl methyl sites for hydroxylation is 1. The molecule has 0 radical (unpaired) electrons. The number of nitrogens with one attached hydrogen (secondary N) is 3. The van der Waals surface area contributed by atoms with E-state index in [9.17, 15) is 4.79 Å². The molecule has 0 aliphatic rings. The SMILES string of the molecule is CCNC(=NCCc1ncc(C)s1)NCCNC(=O)c1cccc(OC)c1.I. The highest BCUT2D eigenvalue weighted by Gasteiger charge is 2.06. The van der Waals surface area contributed by atoms with Crippen LogP contribution < -0.4 is 20.7 Å². The molecule has 0 bridgehead atoms. The normalized spacial score (nSPS) is 10.8. The van der Waals surface area contributed by atoms with Gasteiger partial charge in [-0.25, -0.2) is 4.98 Å². The summed E-state index contributed by atoms with van der Waals surface area (Å²) in [6.45, 7) is 6.59. The molecule has 9 heteroatoms. The number of rotatable bonds is 9. The number of aliphatic imine (C=N–C) groups is 1. The Morgan fingerprint density at radius 1 is 1.25 bits per heavy atom. The predicted molar refractivity (Wildman–Crippen MR) is 125 cm³/mol. The summed E-state index contributed by atoms with van der Waals surface area (Å²) in [6.07, 6.45) is 2.71. The summed E-state index contributed by atoms with van der Waals surface area (Å²) >= 11 is 1.70. The molecular weight excluding hydrogens is 489 g/mol.